The predicted molar refractivity (Wildman–Crippen MR) is 53.0 cm³/mol. The Morgan fingerprint density at radius 3 is 2.75 bits per heavy atom. The number of aromatic nitrogens is 2. The van der Waals surface area contributed by atoms with Gasteiger partial charge in [-0.15, -0.1) is 0 Å². The highest BCUT2D eigenvalue weighted by Crippen LogP contribution is 2.29. The van der Waals surface area contributed by atoms with Crippen LogP contribution in [0, 0.1) is 0 Å². The zero-order valence-corrected chi connectivity index (χ0v) is 8.33. The van der Waals surface area contributed by atoms with Gasteiger partial charge in [-0.25, -0.2) is 4.98 Å². The minimum absolute atomic E-state index is 0.417. The minimum Gasteiger partial charge on any atom is -0.330 e. The fourth-order valence-electron chi connectivity index (χ4n) is 1.55. The molecule has 0 aliphatic heterocycles. The van der Waals surface area contributed by atoms with Crippen molar-refractivity contribution in [3.05, 3.63) is 35.9 Å². The molecule has 0 aliphatic rings. The summed E-state index contributed by atoms with van der Waals surface area (Å²) in [5.41, 5.74) is 5.14. The van der Waals surface area contributed by atoms with E-state index in [4.69, 9.17) is 5.73 Å². The number of nitrogens with two attached hydrogens (primary N) is 1. The van der Waals surface area contributed by atoms with Crippen molar-refractivity contribution in [2.45, 2.75) is 12.6 Å². The molecule has 0 unspecified atom stereocenters. The summed E-state index contributed by atoms with van der Waals surface area (Å²) in [4.78, 5) is 4.02. The lowest BCUT2D eigenvalue weighted by molar-refractivity contribution is -0.137. The maximum absolute atomic E-state index is 12.4. The maximum atomic E-state index is 12.4. The second kappa shape index (κ2) is 3.79. The summed E-state index contributed by atoms with van der Waals surface area (Å²) in [5.74, 6) is 0.672. The SMILES string of the molecule is NCCc1ncc2cc(C(F)(F)F)ccn12. The van der Waals surface area contributed by atoms with Crippen LogP contribution in [0.4, 0.5) is 13.2 Å². The maximum Gasteiger partial charge on any atom is 0.416 e. The van der Waals surface area contributed by atoms with Crippen molar-refractivity contribution in [1.29, 1.82) is 0 Å². The van der Waals surface area contributed by atoms with Gasteiger partial charge in [0.2, 0.25) is 0 Å². The van der Waals surface area contributed by atoms with Crippen LogP contribution in [0.5, 0.6) is 0 Å². The molecule has 2 aromatic heterocycles. The Hall–Kier alpha value is -1.56. The van der Waals surface area contributed by atoms with Crippen molar-refractivity contribution in [2.24, 2.45) is 5.73 Å². The van der Waals surface area contributed by atoms with Crippen LogP contribution in [0.3, 0.4) is 0 Å². The van der Waals surface area contributed by atoms with Gasteiger partial charge in [-0.05, 0) is 18.7 Å². The Labute approximate surface area is 89.7 Å². The zero-order valence-electron chi connectivity index (χ0n) is 8.33. The van der Waals surface area contributed by atoms with Crippen LogP contribution in [0.25, 0.3) is 5.52 Å². The molecular weight excluding hydrogens is 219 g/mol. The quantitative estimate of drug-likeness (QED) is 0.854. The number of fused-ring (bicyclic) bond motifs is 1. The van der Waals surface area contributed by atoms with Crippen LogP contribution < -0.4 is 5.73 Å². The molecule has 2 N–H and O–H groups in total. The van der Waals surface area contributed by atoms with Crippen LogP contribution >= 0.6 is 0 Å². The summed E-state index contributed by atoms with van der Waals surface area (Å²) in [7, 11) is 0. The monoisotopic (exact) mass is 229 g/mol. The van der Waals surface area contributed by atoms with E-state index in [1.54, 1.807) is 4.40 Å². The summed E-state index contributed by atoms with van der Waals surface area (Å²) in [6.45, 7) is 0.417. The smallest absolute Gasteiger partial charge is 0.330 e. The highest BCUT2D eigenvalue weighted by atomic mass is 19.4. The van der Waals surface area contributed by atoms with E-state index in [1.807, 2.05) is 0 Å². The average Bonchev–Trinajstić information content (AvgIpc) is 2.60. The van der Waals surface area contributed by atoms with Crippen LogP contribution in [0.15, 0.2) is 24.5 Å². The normalized spacial score (nSPS) is 12.2. The summed E-state index contributed by atoms with van der Waals surface area (Å²) < 4.78 is 38.9. The Morgan fingerprint density at radius 1 is 1.38 bits per heavy atom. The number of rotatable bonds is 2. The molecule has 0 saturated carbocycles. The van der Waals surface area contributed by atoms with E-state index >= 15 is 0 Å². The fourth-order valence-corrected chi connectivity index (χ4v) is 1.55. The van der Waals surface area contributed by atoms with Gasteiger partial charge >= 0.3 is 6.18 Å². The van der Waals surface area contributed by atoms with E-state index in [0.29, 0.717) is 24.3 Å². The van der Waals surface area contributed by atoms with Gasteiger partial charge in [0.25, 0.3) is 0 Å². The third-order valence-corrected chi connectivity index (χ3v) is 2.30. The number of hydrogen-bond acceptors (Lipinski definition) is 2. The number of halogens is 3. The topological polar surface area (TPSA) is 43.3 Å². The first-order valence-electron chi connectivity index (χ1n) is 4.75. The van der Waals surface area contributed by atoms with E-state index in [2.05, 4.69) is 4.98 Å². The van der Waals surface area contributed by atoms with Gasteiger partial charge in [-0.2, -0.15) is 13.2 Å². The molecule has 2 heterocycles. The van der Waals surface area contributed by atoms with Crippen molar-refractivity contribution in [3.63, 3.8) is 0 Å². The zero-order chi connectivity index (χ0) is 11.8. The first-order chi connectivity index (χ1) is 7.52. The molecular formula is C10H10F3N3. The largest absolute Gasteiger partial charge is 0.416 e. The number of nitrogens with zero attached hydrogens (tertiary/aromatic N) is 2. The van der Waals surface area contributed by atoms with Gasteiger partial charge in [0.15, 0.2) is 0 Å². The summed E-state index contributed by atoms with van der Waals surface area (Å²) >= 11 is 0. The first kappa shape index (κ1) is 10.9. The van der Waals surface area contributed by atoms with Gasteiger partial charge in [-0.3, -0.25) is 0 Å². The molecule has 86 valence electrons. The molecule has 0 bridgehead atoms. The molecule has 0 saturated heterocycles. The Balaban J connectivity index is 2.49. The Kier molecular flexibility index (Phi) is 2.59. The van der Waals surface area contributed by atoms with E-state index in [-0.39, 0.29) is 0 Å². The summed E-state index contributed by atoms with van der Waals surface area (Å²) in [6, 6.07) is 2.11. The molecule has 0 fully saturated rings. The molecule has 2 rings (SSSR count). The third-order valence-electron chi connectivity index (χ3n) is 2.30. The second-order valence-corrected chi connectivity index (χ2v) is 3.42. The van der Waals surface area contributed by atoms with E-state index in [1.165, 1.54) is 12.4 Å². The summed E-state index contributed by atoms with van der Waals surface area (Å²) in [6.07, 6.45) is -0.990. The standard InChI is InChI=1S/C10H10F3N3/c11-10(12,13)7-2-4-16-8(5-7)6-15-9(16)1-3-14/h2,4-6H,1,3,14H2. The Bertz CT molecular complexity index is 501. The molecule has 0 radical (unpaired) electrons. The fraction of sp³-hybridized carbons (Fsp3) is 0.300. The van der Waals surface area contributed by atoms with Crippen LogP contribution in [0.2, 0.25) is 0 Å². The van der Waals surface area contributed by atoms with Crippen LogP contribution in [-0.2, 0) is 12.6 Å². The molecule has 6 heteroatoms. The number of alkyl halides is 3. The Morgan fingerprint density at radius 2 is 2.12 bits per heavy atom. The van der Waals surface area contributed by atoms with Gasteiger partial charge < -0.3 is 10.1 Å². The van der Waals surface area contributed by atoms with Gasteiger partial charge in [0.05, 0.1) is 17.3 Å². The molecule has 3 nitrogen and oxygen atoms in total. The molecule has 0 spiro atoms. The second-order valence-electron chi connectivity index (χ2n) is 3.42. The summed E-state index contributed by atoms with van der Waals surface area (Å²) in [5, 5.41) is 0. The van der Waals surface area contributed by atoms with Crippen molar-refractivity contribution in [2.75, 3.05) is 6.54 Å². The number of hydrogen-bond donors (Lipinski definition) is 1. The van der Waals surface area contributed by atoms with E-state index in [0.717, 1.165) is 12.1 Å². The molecule has 0 amide bonds. The lowest BCUT2D eigenvalue weighted by Gasteiger charge is -2.07. The molecule has 16 heavy (non-hydrogen) atoms. The van der Waals surface area contributed by atoms with Gasteiger partial charge in [0.1, 0.15) is 5.82 Å². The van der Waals surface area contributed by atoms with Crippen LogP contribution in [0.1, 0.15) is 11.4 Å². The van der Waals surface area contributed by atoms with E-state index in [9.17, 15) is 13.2 Å². The van der Waals surface area contributed by atoms with Crippen LogP contribution in [-0.4, -0.2) is 15.9 Å². The van der Waals surface area contributed by atoms with Crippen molar-refractivity contribution >= 4 is 5.52 Å². The van der Waals surface area contributed by atoms with Crippen molar-refractivity contribution in [1.82, 2.24) is 9.38 Å². The first-order valence-corrected chi connectivity index (χ1v) is 4.75. The molecule has 2 aromatic rings. The van der Waals surface area contributed by atoms with Gasteiger partial charge in [-0.1, -0.05) is 0 Å². The molecule has 0 atom stereocenters. The predicted octanol–water partition coefficient (Wildman–Crippen LogP) is 1.85. The number of pyridine rings is 1. The highest BCUT2D eigenvalue weighted by molar-refractivity contribution is 5.49. The lowest BCUT2D eigenvalue weighted by atomic mass is 10.2. The lowest BCUT2D eigenvalue weighted by Crippen LogP contribution is -2.08. The van der Waals surface area contributed by atoms with Gasteiger partial charge in [0, 0.05) is 12.6 Å². The highest BCUT2D eigenvalue weighted by Gasteiger charge is 2.30. The minimum atomic E-state index is -4.32. The third kappa shape index (κ3) is 1.88. The molecule has 0 aromatic carbocycles. The molecule has 0 aliphatic carbocycles. The van der Waals surface area contributed by atoms with Crippen molar-refractivity contribution < 1.29 is 13.2 Å². The number of imidazole rings is 1. The van der Waals surface area contributed by atoms with Crippen molar-refractivity contribution in [3.8, 4) is 0 Å². The van der Waals surface area contributed by atoms with E-state index < -0.39 is 11.7 Å². The average molecular weight is 229 g/mol.